The first-order valence-corrected chi connectivity index (χ1v) is 7.54. The molecule has 20 heavy (non-hydrogen) atoms. The Bertz CT molecular complexity index is 347. The third kappa shape index (κ3) is 4.82. The summed E-state index contributed by atoms with van der Waals surface area (Å²) in [6, 6.07) is -0.00457. The van der Waals surface area contributed by atoms with E-state index in [1.54, 1.807) is 4.90 Å². The quantitative estimate of drug-likeness (QED) is 0.787. The van der Waals surface area contributed by atoms with Crippen LogP contribution in [0.3, 0.4) is 0 Å². The van der Waals surface area contributed by atoms with Crippen LogP contribution in [0.15, 0.2) is 12.2 Å². The third-order valence-corrected chi connectivity index (χ3v) is 3.71. The second-order valence-corrected chi connectivity index (χ2v) is 6.86. The second kappa shape index (κ2) is 7.11. The van der Waals surface area contributed by atoms with Crippen LogP contribution in [0.5, 0.6) is 0 Å². The van der Waals surface area contributed by atoms with E-state index < -0.39 is 0 Å². The van der Waals surface area contributed by atoms with Gasteiger partial charge in [0.25, 0.3) is 0 Å². The summed E-state index contributed by atoms with van der Waals surface area (Å²) < 4.78 is 5.83. The van der Waals surface area contributed by atoms with Crippen molar-refractivity contribution in [2.24, 2.45) is 11.3 Å². The van der Waals surface area contributed by atoms with Crippen LogP contribution in [0.25, 0.3) is 0 Å². The summed E-state index contributed by atoms with van der Waals surface area (Å²) in [4.78, 5) is 13.9. The molecule has 0 spiro atoms. The number of ether oxygens (including phenoxy) is 1. The highest BCUT2D eigenvalue weighted by Gasteiger charge is 2.37. The predicted octanol–water partition coefficient (Wildman–Crippen LogP) is 3.05. The Balaban J connectivity index is 2.49. The number of hydrogen-bond donors (Lipinski definition) is 1. The molecule has 2 amide bonds. The lowest BCUT2D eigenvalue weighted by molar-refractivity contribution is 0.00757. The smallest absolute Gasteiger partial charge is 0.317 e. The van der Waals surface area contributed by atoms with Crippen molar-refractivity contribution in [1.29, 1.82) is 0 Å². The van der Waals surface area contributed by atoms with Crippen LogP contribution in [0.1, 0.15) is 41.0 Å². The maximum atomic E-state index is 12.2. The SMILES string of the molecule is C=C(C)CN(CC)C(=O)NC[C@H]1CCO[C@@H]1C(C)(C)C. The van der Waals surface area contributed by atoms with Crippen LogP contribution < -0.4 is 5.32 Å². The summed E-state index contributed by atoms with van der Waals surface area (Å²) in [5.41, 5.74) is 1.12. The summed E-state index contributed by atoms with van der Waals surface area (Å²) in [7, 11) is 0. The summed E-state index contributed by atoms with van der Waals surface area (Å²) in [5, 5.41) is 3.05. The average molecular weight is 282 g/mol. The number of hydrogen-bond acceptors (Lipinski definition) is 2. The van der Waals surface area contributed by atoms with Gasteiger partial charge in [0.05, 0.1) is 6.10 Å². The third-order valence-electron chi connectivity index (χ3n) is 3.71. The molecule has 1 saturated heterocycles. The van der Waals surface area contributed by atoms with Gasteiger partial charge in [-0.05, 0) is 25.7 Å². The first-order valence-electron chi connectivity index (χ1n) is 7.54. The van der Waals surface area contributed by atoms with Gasteiger partial charge in [0.15, 0.2) is 0 Å². The molecule has 1 N–H and O–H groups in total. The first kappa shape index (κ1) is 17.0. The number of nitrogens with zero attached hydrogens (tertiary/aromatic N) is 1. The van der Waals surface area contributed by atoms with Gasteiger partial charge in [-0.25, -0.2) is 4.79 Å². The molecule has 0 aromatic rings. The van der Waals surface area contributed by atoms with Gasteiger partial charge in [-0.3, -0.25) is 0 Å². The van der Waals surface area contributed by atoms with Crippen molar-refractivity contribution in [2.45, 2.75) is 47.1 Å². The van der Waals surface area contributed by atoms with E-state index >= 15 is 0 Å². The van der Waals surface area contributed by atoms with Crippen molar-refractivity contribution in [1.82, 2.24) is 10.2 Å². The minimum absolute atomic E-state index is 0.00457. The molecule has 0 aliphatic carbocycles. The zero-order valence-corrected chi connectivity index (χ0v) is 13.7. The molecule has 1 aliphatic heterocycles. The largest absolute Gasteiger partial charge is 0.377 e. The predicted molar refractivity (Wildman–Crippen MR) is 82.8 cm³/mol. The topological polar surface area (TPSA) is 41.6 Å². The van der Waals surface area contributed by atoms with E-state index in [-0.39, 0.29) is 17.6 Å². The molecule has 0 aromatic heterocycles. The molecule has 1 fully saturated rings. The molecular weight excluding hydrogens is 252 g/mol. The molecule has 1 rings (SSSR count). The standard InChI is InChI=1S/C16H30N2O2/c1-7-18(11-12(2)3)15(19)17-10-13-8-9-20-14(13)16(4,5)6/h13-14H,2,7-11H2,1,3-6H3,(H,17,19)/t13-,14+/m1/s1. The van der Waals surface area contributed by atoms with Crippen molar-refractivity contribution in [3.05, 3.63) is 12.2 Å². The lowest BCUT2D eigenvalue weighted by Gasteiger charge is -2.31. The molecule has 116 valence electrons. The van der Waals surface area contributed by atoms with Gasteiger partial charge < -0.3 is 15.0 Å². The van der Waals surface area contributed by atoms with Gasteiger partial charge in [-0.15, -0.1) is 0 Å². The molecule has 0 bridgehead atoms. The number of likely N-dealkylation sites (N-methyl/N-ethyl adjacent to an activating group) is 1. The Hall–Kier alpha value is -1.03. The van der Waals surface area contributed by atoms with Gasteiger partial charge in [-0.2, -0.15) is 0 Å². The summed E-state index contributed by atoms with van der Waals surface area (Å²) >= 11 is 0. The molecule has 4 nitrogen and oxygen atoms in total. The van der Waals surface area contributed by atoms with Crippen LogP contribution in [-0.2, 0) is 4.74 Å². The molecule has 0 unspecified atom stereocenters. The zero-order chi connectivity index (χ0) is 15.3. The minimum atomic E-state index is -0.00457. The van der Waals surface area contributed by atoms with Crippen molar-refractivity contribution in [3.63, 3.8) is 0 Å². The normalized spacial score (nSPS) is 22.6. The number of carbonyl (C=O) groups excluding carboxylic acids is 1. The fourth-order valence-corrected chi connectivity index (χ4v) is 2.78. The van der Waals surface area contributed by atoms with E-state index in [4.69, 9.17) is 4.74 Å². The summed E-state index contributed by atoms with van der Waals surface area (Å²) in [6.45, 7) is 17.2. The van der Waals surface area contributed by atoms with E-state index in [1.165, 1.54) is 0 Å². The molecule has 2 atom stereocenters. The second-order valence-electron chi connectivity index (χ2n) is 6.86. The number of amides is 2. The monoisotopic (exact) mass is 282 g/mol. The number of urea groups is 1. The Morgan fingerprint density at radius 1 is 1.45 bits per heavy atom. The highest BCUT2D eigenvalue weighted by atomic mass is 16.5. The van der Waals surface area contributed by atoms with E-state index in [0.29, 0.717) is 25.6 Å². The molecular formula is C16H30N2O2. The minimum Gasteiger partial charge on any atom is -0.377 e. The molecule has 0 radical (unpaired) electrons. The lowest BCUT2D eigenvalue weighted by Crippen LogP contribution is -2.44. The van der Waals surface area contributed by atoms with Crippen LogP contribution in [0, 0.1) is 11.3 Å². The molecule has 1 aliphatic rings. The molecule has 4 heteroatoms. The summed E-state index contributed by atoms with van der Waals surface area (Å²) in [6.07, 6.45) is 1.24. The maximum absolute atomic E-state index is 12.2. The van der Waals surface area contributed by atoms with Gasteiger partial charge in [0.2, 0.25) is 0 Å². The van der Waals surface area contributed by atoms with Gasteiger partial charge in [-0.1, -0.05) is 32.9 Å². The Morgan fingerprint density at radius 3 is 2.60 bits per heavy atom. The van der Waals surface area contributed by atoms with Crippen molar-refractivity contribution >= 4 is 6.03 Å². The molecule has 0 aromatic carbocycles. The van der Waals surface area contributed by atoms with Crippen molar-refractivity contribution in [2.75, 3.05) is 26.2 Å². The Kier molecular flexibility index (Phi) is 6.06. The maximum Gasteiger partial charge on any atom is 0.317 e. The van der Waals surface area contributed by atoms with Gasteiger partial charge >= 0.3 is 6.03 Å². The zero-order valence-electron chi connectivity index (χ0n) is 13.7. The first-order chi connectivity index (χ1) is 9.25. The molecule has 0 saturated carbocycles. The van der Waals surface area contributed by atoms with E-state index in [9.17, 15) is 4.79 Å². The Labute approximate surface area is 123 Å². The van der Waals surface area contributed by atoms with E-state index in [2.05, 4.69) is 32.7 Å². The van der Waals surface area contributed by atoms with Crippen LogP contribution in [-0.4, -0.2) is 43.3 Å². The number of rotatable bonds is 5. The van der Waals surface area contributed by atoms with Crippen molar-refractivity contribution in [3.8, 4) is 0 Å². The number of nitrogens with one attached hydrogen (secondary N) is 1. The van der Waals surface area contributed by atoms with Crippen LogP contribution in [0.4, 0.5) is 4.79 Å². The lowest BCUT2D eigenvalue weighted by atomic mass is 9.81. The highest BCUT2D eigenvalue weighted by molar-refractivity contribution is 5.74. The van der Waals surface area contributed by atoms with Crippen LogP contribution >= 0.6 is 0 Å². The van der Waals surface area contributed by atoms with Crippen LogP contribution in [0.2, 0.25) is 0 Å². The molecule has 1 heterocycles. The fourth-order valence-electron chi connectivity index (χ4n) is 2.78. The fraction of sp³-hybridized carbons (Fsp3) is 0.812. The average Bonchev–Trinajstić information content (AvgIpc) is 2.80. The summed E-state index contributed by atoms with van der Waals surface area (Å²) in [5.74, 6) is 0.405. The number of carbonyl (C=O) groups is 1. The van der Waals surface area contributed by atoms with E-state index in [1.807, 2.05) is 13.8 Å². The van der Waals surface area contributed by atoms with Crippen molar-refractivity contribution < 1.29 is 9.53 Å². The van der Waals surface area contributed by atoms with E-state index in [0.717, 1.165) is 18.6 Å². The Morgan fingerprint density at radius 2 is 2.10 bits per heavy atom. The highest BCUT2D eigenvalue weighted by Crippen LogP contribution is 2.34. The van der Waals surface area contributed by atoms with Gasteiger partial charge in [0, 0.05) is 32.2 Å². The van der Waals surface area contributed by atoms with Gasteiger partial charge in [0.1, 0.15) is 0 Å².